The molecule has 0 amide bonds. The Bertz CT molecular complexity index is 377. The van der Waals surface area contributed by atoms with Gasteiger partial charge in [-0.1, -0.05) is 42.6 Å². The quantitative estimate of drug-likeness (QED) is 0.855. The van der Waals surface area contributed by atoms with Crippen LogP contribution in [-0.4, -0.2) is 11.1 Å². The van der Waals surface area contributed by atoms with E-state index in [0.717, 1.165) is 18.4 Å². The smallest absolute Gasteiger partial charge is 0.303 e. The van der Waals surface area contributed by atoms with Crippen molar-refractivity contribution in [2.75, 3.05) is 0 Å². The Morgan fingerprint density at radius 3 is 2.62 bits per heavy atom. The summed E-state index contributed by atoms with van der Waals surface area (Å²) in [7, 11) is 0. The maximum absolute atomic E-state index is 10.8. The molecule has 16 heavy (non-hydrogen) atoms. The second kappa shape index (κ2) is 6.12. The summed E-state index contributed by atoms with van der Waals surface area (Å²) in [5, 5.41) is 9.97. The van der Waals surface area contributed by atoms with Crippen LogP contribution in [0.15, 0.2) is 18.2 Å². The van der Waals surface area contributed by atoms with Gasteiger partial charge in [0, 0.05) is 10.0 Å². The van der Waals surface area contributed by atoms with Crippen LogP contribution in [0.3, 0.4) is 0 Å². The predicted molar refractivity (Wildman–Crippen MR) is 66.4 cm³/mol. The normalized spacial score (nSPS) is 12.4. The molecular formula is C12H14Cl2O2. The molecule has 0 saturated carbocycles. The van der Waals surface area contributed by atoms with E-state index >= 15 is 0 Å². The van der Waals surface area contributed by atoms with Crippen molar-refractivity contribution >= 4 is 29.2 Å². The van der Waals surface area contributed by atoms with Gasteiger partial charge in [0.05, 0.1) is 6.42 Å². The molecule has 0 bridgehead atoms. The van der Waals surface area contributed by atoms with E-state index in [4.69, 9.17) is 28.3 Å². The van der Waals surface area contributed by atoms with Gasteiger partial charge in [0.2, 0.25) is 0 Å². The fraction of sp³-hybridized carbons (Fsp3) is 0.417. The van der Waals surface area contributed by atoms with E-state index in [9.17, 15) is 4.79 Å². The largest absolute Gasteiger partial charge is 0.481 e. The van der Waals surface area contributed by atoms with E-state index in [0.29, 0.717) is 10.0 Å². The van der Waals surface area contributed by atoms with Crippen molar-refractivity contribution in [1.82, 2.24) is 0 Å². The maximum atomic E-state index is 10.8. The minimum absolute atomic E-state index is 0.0349. The van der Waals surface area contributed by atoms with Gasteiger partial charge in [-0.05, 0) is 30.0 Å². The number of hydrogen-bond acceptors (Lipinski definition) is 1. The highest BCUT2D eigenvalue weighted by atomic mass is 35.5. The minimum atomic E-state index is -0.801. The molecular weight excluding hydrogens is 247 g/mol. The van der Waals surface area contributed by atoms with Gasteiger partial charge in [-0.25, -0.2) is 0 Å². The van der Waals surface area contributed by atoms with Crippen molar-refractivity contribution < 1.29 is 9.90 Å². The second-order valence-corrected chi connectivity index (χ2v) is 4.59. The van der Waals surface area contributed by atoms with Crippen molar-refractivity contribution in [3.8, 4) is 0 Å². The molecule has 1 atom stereocenters. The summed E-state index contributed by atoms with van der Waals surface area (Å²) in [4.78, 5) is 10.8. The number of aliphatic carboxylic acids is 1. The Labute approximate surface area is 105 Å². The van der Waals surface area contributed by atoms with Crippen LogP contribution < -0.4 is 0 Å². The summed E-state index contributed by atoms with van der Waals surface area (Å²) < 4.78 is 0. The molecule has 4 heteroatoms. The van der Waals surface area contributed by atoms with Crippen LogP contribution in [0.5, 0.6) is 0 Å². The summed E-state index contributed by atoms with van der Waals surface area (Å²) in [5.74, 6) is -0.836. The Balaban J connectivity index is 2.95. The topological polar surface area (TPSA) is 37.3 Å². The standard InChI is InChI=1S/C12H14Cl2O2/c1-2-3-8(6-12(15)16)10-5-4-9(13)7-11(10)14/h4-5,7-8H,2-3,6H2,1H3,(H,15,16)/t8-/m0/s1. The van der Waals surface area contributed by atoms with Crippen molar-refractivity contribution in [2.45, 2.75) is 32.1 Å². The van der Waals surface area contributed by atoms with Crippen LogP contribution in [0.25, 0.3) is 0 Å². The molecule has 1 aromatic rings. The van der Waals surface area contributed by atoms with Gasteiger partial charge in [0.15, 0.2) is 0 Å². The third kappa shape index (κ3) is 3.69. The van der Waals surface area contributed by atoms with Crippen LogP contribution in [0.2, 0.25) is 10.0 Å². The fourth-order valence-corrected chi connectivity index (χ4v) is 2.32. The molecule has 1 aromatic carbocycles. The minimum Gasteiger partial charge on any atom is -0.481 e. The molecule has 1 N–H and O–H groups in total. The van der Waals surface area contributed by atoms with Crippen LogP contribution in [0.4, 0.5) is 0 Å². The number of benzene rings is 1. The molecule has 0 heterocycles. The first-order chi connectivity index (χ1) is 7.54. The SMILES string of the molecule is CCC[C@@H](CC(=O)O)c1ccc(Cl)cc1Cl. The van der Waals surface area contributed by atoms with Gasteiger partial charge in [-0.3, -0.25) is 4.79 Å². The lowest BCUT2D eigenvalue weighted by Gasteiger charge is -2.16. The molecule has 0 unspecified atom stereocenters. The van der Waals surface area contributed by atoms with Gasteiger partial charge in [-0.2, -0.15) is 0 Å². The van der Waals surface area contributed by atoms with Crippen molar-refractivity contribution in [3.63, 3.8) is 0 Å². The maximum Gasteiger partial charge on any atom is 0.303 e. The lowest BCUT2D eigenvalue weighted by atomic mass is 9.91. The molecule has 0 spiro atoms. The average molecular weight is 261 g/mol. The number of halogens is 2. The van der Waals surface area contributed by atoms with E-state index in [-0.39, 0.29) is 12.3 Å². The molecule has 2 nitrogen and oxygen atoms in total. The Kier molecular flexibility index (Phi) is 5.10. The third-order valence-corrected chi connectivity index (χ3v) is 3.02. The molecule has 0 radical (unpaired) electrons. The van der Waals surface area contributed by atoms with Crippen LogP contribution in [-0.2, 0) is 4.79 Å². The molecule has 88 valence electrons. The third-order valence-electron chi connectivity index (χ3n) is 2.46. The molecule has 0 aliphatic rings. The van der Waals surface area contributed by atoms with E-state index in [2.05, 4.69) is 0 Å². The van der Waals surface area contributed by atoms with Crippen LogP contribution in [0.1, 0.15) is 37.7 Å². The summed E-state index contributed by atoms with van der Waals surface area (Å²) in [6.45, 7) is 2.03. The fourth-order valence-electron chi connectivity index (χ4n) is 1.76. The predicted octanol–water partition coefficient (Wildman–Crippen LogP) is 4.35. The molecule has 0 aliphatic heterocycles. The molecule has 0 aromatic heterocycles. The molecule has 0 fully saturated rings. The lowest BCUT2D eigenvalue weighted by Crippen LogP contribution is -2.06. The summed E-state index contributed by atoms with van der Waals surface area (Å²) >= 11 is 11.9. The van der Waals surface area contributed by atoms with Crippen molar-refractivity contribution in [2.24, 2.45) is 0 Å². The highest BCUT2D eigenvalue weighted by molar-refractivity contribution is 6.35. The Morgan fingerprint density at radius 1 is 1.44 bits per heavy atom. The van der Waals surface area contributed by atoms with E-state index < -0.39 is 5.97 Å². The second-order valence-electron chi connectivity index (χ2n) is 3.75. The number of rotatable bonds is 5. The average Bonchev–Trinajstić information content (AvgIpc) is 2.16. The van der Waals surface area contributed by atoms with Gasteiger partial charge >= 0.3 is 5.97 Å². The molecule has 0 aliphatic carbocycles. The van der Waals surface area contributed by atoms with Crippen LogP contribution in [0, 0.1) is 0 Å². The van der Waals surface area contributed by atoms with Gasteiger partial charge < -0.3 is 5.11 Å². The first kappa shape index (κ1) is 13.3. The molecule has 0 saturated heterocycles. The molecule has 1 rings (SSSR count). The van der Waals surface area contributed by atoms with E-state index in [1.807, 2.05) is 13.0 Å². The first-order valence-corrected chi connectivity index (χ1v) is 5.97. The number of carbonyl (C=O) groups is 1. The highest BCUT2D eigenvalue weighted by Crippen LogP contribution is 2.32. The van der Waals surface area contributed by atoms with E-state index in [1.165, 1.54) is 0 Å². The van der Waals surface area contributed by atoms with Gasteiger partial charge in [-0.15, -0.1) is 0 Å². The monoisotopic (exact) mass is 260 g/mol. The van der Waals surface area contributed by atoms with E-state index in [1.54, 1.807) is 12.1 Å². The van der Waals surface area contributed by atoms with Gasteiger partial charge in [0.1, 0.15) is 0 Å². The number of hydrogen-bond donors (Lipinski definition) is 1. The highest BCUT2D eigenvalue weighted by Gasteiger charge is 2.17. The Morgan fingerprint density at radius 2 is 2.12 bits per heavy atom. The zero-order valence-corrected chi connectivity index (χ0v) is 10.6. The lowest BCUT2D eigenvalue weighted by molar-refractivity contribution is -0.137. The Hall–Kier alpha value is -0.730. The zero-order chi connectivity index (χ0) is 12.1. The van der Waals surface area contributed by atoms with Crippen LogP contribution >= 0.6 is 23.2 Å². The first-order valence-electron chi connectivity index (χ1n) is 5.21. The van der Waals surface area contributed by atoms with Crippen molar-refractivity contribution in [1.29, 1.82) is 0 Å². The van der Waals surface area contributed by atoms with Gasteiger partial charge in [0.25, 0.3) is 0 Å². The van der Waals surface area contributed by atoms with Crippen molar-refractivity contribution in [3.05, 3.63) is 33.8 Å². The summed E-state index contributed by atoms with van der Waals surface area (Å²) in [6, 6.07) is 5.21. The zero-order valence-electron chi connectivity index (χ0n) is 9.04. The summed E-state index contributed by atoms with van der Waals surface area (Å²) in [5.41, 5.74) is 0.871. The number of carboxylic acid groups (broad SMARTS) is 1. The summed E-state index contributed by atoms with van der Waals surface area (Å²) in [6.07, 6.45) is 1.85. The number of carboxylic acids is 1.